The van der Waals surface area contributed by atoms with Gasteiger partial charge >= 0.3 is 12.2 Å². The van der Waals surface area contributed by atoms with Gasteiger partial charge in [0.2, 0.25) is 17.7 Å². The van der Waals surface area contributed by atoms with Crippen LogP contribution < -0.4 is 44.2 Å². The highest BCUT2D eigenvalue weighted by Gasteiger charge is 2.28. The van der Waals surface area contributed by atoms with Crippen molar-refractivity contribution in [3.8, 4) is 0 Å². The predicted octanol–water partition coefficient (Wildman–Crippen LogP) is 7.18. The molecule has 0 heterocycles. The van der Waals surface area contributed by atoms with Crippen LogP contribution in [0.1, 0.15) is 206 Å². The molecule has 65 heavy (non-hydrogen) atoms. The van der Waals surface area contributed by atoms with E-state index >= 15 is 0 Å². The molecule has 12 N–H and O–H groups in total. The molecular weight excluding hydrogens is 827 g/mol. The summed E-state index contributed by atoms with van der Waals surface area (Å²) in [5.74, 6) is -1.23. The molecule has 0 rings (SSSR count). The van der Waals surface area contributed by atoms with Crippen LogP contribution in [0.5, 0.6) is 0 Å². The Kier molecular flexibility index (Phi) is 43.7. The molecule has 0 bridgehead atoms. The van der Waals surface area contributed by atoms with Gasteiger partial charge in [0.15, 0.2) is 0 Å². The molecule has 0 radical (unpaired) electrons. The van der Waals surface area contributed by atoms with Gasteiger partial charge in [-0.3, -0.25) is 14.4 Å². The first-order chi connectivity index (χ1) is 31.6. The average Bonchev–Trinajstić information content (AvgIpc) is 3.30. The van der Waals surface area contributed by atoms with Gasteiger partial charge in [-0.15, -0.1) is 0 Å². The Morgan fingerprint density at radius 3 is 1.20 bits per heavy atom. The number of hydrogen-bond acceptors (Lipinski definition) is 11. The summed E-state index contributed by atoms with van der Waals surface area (Å²) in [5.41, 5.74) is 23.3. The van der Waals surface area contributed by atoms with Gasteiger partial charge in [0.1, 0.15) is 6.04 Å². The molecule has 3 unspecified atom stereocenters. The topological polar surface area (TPSA) is 259 Å². The fraction of sp³-hybridized carbons (Fsp3) is 0.898. The minimum absolute atomic E-state index is 0.0832. The van der Waals surface area contributed by atoms with E-state index in [1.165, 1.54) is 120 Å². The third-order valence-corrected chi connectivity index (χ3v) is 11.8. The predicted molar refractivity (Wildman–Crippen MR) is 264 cm³/mol. The third kappa shape index (κ3) is 38.6. The molecule has 0 aromatic heterocycles. The first-order valence-corrected chi connectivity index (χ1v) is 26.2. The number of nitrogens with zero attached hydrogens (tertiary/aromatic N) is 1. The molecule has 0 spiro atoms. The van der Waals surface area contributed by atoms with Crippen molar-refractivity contribution in [3.63, 3.8) is 0 Å². The van der Waals surface area contributed by atoms with Crippen LogP contribution in [0.3, 0.4) is 0 Å². The second kappa shape index (κ2) is 45.9. The summed E-state index contributed by atoms with van der Waals surface area (Å²) in [7, 11) is 0. The molecule has 0 aliphatic rings. The van der Waals surface area contributed by atoms with E-state index in [1.54, 1.807) is 0 Å². The number of rotatable bonds is 46. The zero-order valence-electron chi connectivity index (χ0n) is 41.4. The summed E-state index contributed by atoms with van der Waals surface area (Å²) in [6.07, 6.45) is 30.4. The van der Waals surface area contributed by atoms with E-state index in [0.717, 1.165) is 38.5 Å². The smallest absolute Gasteiger partial charge is 0.407 e. The number of nitrogens with one attached hydrogen (secondary N) is 4. The Hall–Kier alpha value is -3.21. The Labute approximate surface area is 395 Å². The van der Waals surface area contributed by atoms with Crippen LogP contribution in [-0.4, -0.2) is 112 Å². The molecule has 5 amide bonds. The van der Waals surface area contributed by atoms with Crippen LogP contribution in [0.4, 0.5) is 9.59 Å². The molecule has 0 aliphatic carbocycles. The van der Waals surface area contributed by atoms with Gasteiger partial charge in [0.05, 0.1) is 25.3 Å². The van der Waals surface area contributed by atoms with Crippen molar-refractivity contribution in [1.82, 2.24) is 26.2 Å². The van der Waals surface area contributed by atoms with Crippen molar-refractivity contribution in [3.05, 3.63) is 0 Å². The summed E-state index contributed by atoms with van der Waals surface area (Å²) in [4.78, 5) is 66.5. The van der Waals surface area contributed by atoms with Crippen LogP contribution in [0.25, 0.3) is 0 Å². The number of unbranched alkanes of at least 4 members (excludes halogenated alkanes) is 22. The molecule has 0 aromatic carbocycles. The second-order valence-corrected chi connectivity index (χ2v) is 17.8. The van der Waals surface area contributed by atoms with Crippen LogP contribution in [0, 0.1) is 0 Å². The standard InChI is InChI=1S/C49H99N9O7/c1-3-5-7-9-11-13-15-17-19-21-23-25-40-64-48(62)55-36-38-58(39-37-56-49(63)65-41-26-24-22-20-18-16-14-12-10-8-6-4-2)47(61)44(57-46(60)43(53)31-28-34-51)32-29-35-54-45(59)42(52)30-27-33-50/h42-44H,3-41,50-53H2,1-2H3,(H,54,59)(H,55,62)(H,56,63)(H,57,60). The summed E-state index contributed by atoms with van der Waals surface area (Å²) >= 11 is 0. The zero-order valence-corrected chi connectivity index (χ0v) is 41.4. The Bertz CT molecular complexity index is 1120. The Balaban J connectivity index is 5.21. The summed E-state index contributed by atoms with van der Waals surface area (Å²) in [6, 6.07) is -2.56. The van der Waals surface area contributed by atoms with Crippen molar-refractivity contribution in [2.45, 2.75) is 225 Å². The number of ether oxygens (including phenoxy) is 2. The maximum Gasteiger partial charge on any atom is 0.407 e. The molecule has 382 valence electrons. The highest BCUT2D eigenvalue weighted by Crippen LogP contribution is 2.14. The van der Waals surface area contributed by atoms with Gasteiger partial charge in [0.25, 0.3) is 0 Å². The van der Waals surface area contributed by atoms with Gasteiger partial charge in [0, 0.05) is 32.7 Å². The molecule has 0 saturated heterocycles. The summed E-state index contributed by atoms with van der Waals surface area (Å²) in [6.45, 7) is 6.46. The van der Waals surface area contributed by atoms with Crippen LogP contribution in [0.2, 0.25) is 0 Å². The minimum Gasteiger partial charge on any atom is -0.450 e. The maximum absolute atomic E-state index is 14.2. The summed E-state index contributed by atoms with van der Waals surface area (Å²) < 4.78 is 10.8. The normalized spacial score (nSPS) is 12.5. The zero-order chi connectivity index (χ0) is 48.0. The van der Waals surface area contributed by atoms with Crippen molar-refractivity contribution in [1.29, 1.82) is 0 Å². The fourth-order valence-electron chi connectivity index (χ4n) is 7.58. The average molecular weight is 926 g/mol. The molecular formula is C49H99N9O7. The first-order valence-electron chi connectivity index (χ1n) is 26.2. The van der Waals surface area contributed by atoms with E-state index in [9.17, 15) is 24.0 Å². The third-order valence-electron chi connectivity index (χ3n) is 11.8. The van der Waals surface area contributed by atoms with Gasteiger partial charge in [-0.25, -0.2) is 9.59 Å². The van der Waals surface area contributed by atoms with E-state index in [2.05, 4.69) is 35.1 Å². The van der Waals surface area contributed by atoms with Gasteiger partial charge in [-0.1, -0.05) is 155 Å². The lowest BCUT2D eigenvalue weighted by Crippen LogP contribution is -2.54. The largest absolute Gasteiger partial charge is 0.450 e. The maximum atomic E-state index is 14.2. The number of alkyl carbamates (subject to hydrolysis) is 2. The number of carbonyl (C=O) groups excluding carboxylic acids is 5. The van der Waals surface area contributed by atoms with E-state index in [1.807, 2.05) is 0 Å². The number of carbonyl (C=O) groups is 5. The van der Waals surface area contributed by atoms with Crippen molar-refractivity contribution in [2.75, 3.05) is 59.0 Å². The quantitative estimate of drug-likeness (QED) is 0.0284. The lowest BCUT2D eigenvalue weighted by molar-refractivity contribution is -0.137. The van der Waals surface area contributed by atoms with E-state index in [0.29, 0.717) is 58.4 Å². The van der Waals surface area contributed by atoms with E-state index < -0.39 is 42.1 Å². The lowest BCUT2D eigenvalue weighted by atomic mass is 10.1. The van der Waals surface area contributed by atoms with Crippen molar-refractivity contribution < 1.29 is 33.4 Å². The molecule has 3 atom stereocenters. The summed E-state index contributed by atoms with van der Waals surface area (Å²) in [5, 5.41) is 11.1. The van der Waals surface area contributed by atoms with E-state index in [-0.39, 0.29) is 45.1 Å². The van der Waals surface area contributed by atoms with E-state index in [4.69, 9.17) is 32.4 Å². The van der Waals surface area contributed by atoms with Gasteiger partial charge in [-0.05, 0) is 64.5 Å². The highest BCUT2D eigenvalue weighted by atomic mass is 16.6. The number of nitrogens with two attached hydrogens (primary N) is 4. The molecule has 0 saturated carbocycles. The van der Waals surface area contributed by atoms with Gasteiger partial charge < -0.3 is 58.6 Å². The minimum atomic E-state index is -0.996. The van der Waals surface area contributed by atoms with Crippen LogP contribution in [-0.2, 0) is 23.9 Å². The molecule has 0 aliphatic heterocycles. The molecule has 0 fully saturated rings. The van der Waals surface area contributed by atoms with Crippen LogP contribution >= 0.6 is 0 Å². The second-order valence-electron chi connectivity index (χ2n) is 17.8. The number of hydrogen-bond donors (Lipinski definition) is 8. The first kappa shape index (κ1) is 61.8. The Morgan fingerprint density at radius 1 is 0.446 bits per heavy atom. The van der Waals surface area contributed by atoms with Crippen molar-refractivity contribution >= 4 is 29.9 Å². The lowest BCUT2D eigenvalue weighted by Gasteiger charge is -2.29. The van der Waals surface area contributed by atoms with Crippen LogP contribution in [0.15, 0.2) is 0 Å². The molecule has 16 nitrogen and oxygen atoms in total. The monoisotopic (exact) mass is 926 g/mol. The van der Waals surface area contributed by atoms with Gasteiger partial charge in [-0.2, -0.15) is 0 Å². The van der Waals surface area contributed by atoms with Crippen molar-refractivity contribution in [2.24, 2.45) is 22.9 Å². The SMILES string of the molecule is CCCCCCCCCCCCCCOC(=O)NCCN(CCNC(=O)OCCCCCCCCCCCCCC)C(=O)C(CCCNC(=O)C(N)CCCN)NC(=O)C(N)CCCN. The highest BCUT2D eigenvalue weighted by molar-refractivity contribution is 5.89. The Morgan fingerprint density at radius 2 is 0.815 bits per heavy atom. The number of amides is 5. The fourth-order valence-corrected chi connectivity index (χ4v) is 7.58. The molecule has 16 heteroatoms. The molecule has 0 aromatic rings.